The Labute approximate surface area is 146 Å². The second-order valence-corrected chi connectivity index (χ2v) is 3.44. The smallest absolute Gasteiger partial charge is 0.344 e. The van der Waals surface area contributed by atoms with Crippen molar-refractivity contribution in [2.75, 3.05) is 13.1 Å². The Morgan fingerprint density at radius 2 is 0.783 bits per heavy atom. The molecule has 0 aromatic rings. The summed E-state index contributed by atoms with van der Waals surface area (Å²) in [6, 6.07) is 0. The Balaban J connectivity index is -0.000000602. The molecule has 0 radical (unpaired) electrons. The van der Waals surface area contributed by atoms with Gasteiger partial charge in [-0.05, 0) is 0 Å². The minimum Gasteiger partial charge on any atom is -0.344 e. The van der Waals surface area contributed by atoms with Crippen LogP contribution in [-0.2, 0) is 58.0 Å². The zero-order valence-corrected chi connectivity index (χ0v) is 16.7. The standard InChI is InChI=1S/C10H16N2O8.2H3N.Zn/c1-7(13)17-11(18-8(2)14)5-6-12(19-9(3)15)20-10(4)16;;;/h5-6H2,1-4H3;2*1H3;/q;;;+2. The van der Waals surface area contributed by atoms with E-state index < -0.39 is 23.9 Å². The van der Waals surface area contributed by atoms with Crippen molar-refractivity contribution in [3.05, 3.63) is 0 Å². The average Bonchev–Trinajstić information content (AvgIpc) is 2.22. The van der Waals surface area contributed by atoms with E-state index in [0.29, 0.717) is 10.5 Å². The van der Waals surface area contributed by atoms with E-state index in [1.54, 1.807) is 0 Å². The van der Waals surface area contributed by atoms with E-state index in [2.05, 4.69) is 19.4 Å². The van der Waals surface area contributed by atoms with Gasteiger partial charge in [0, 0.05) is 38.1 Å². The quantitative estimate of drug-likeness (QED) is 0.432. The first kappa shape index (κ1) is 29.4. The molecule has 0 saturated carbocycles. The predicted molar refractivity (Wildman–Crippen MR) is 70.5 cm³/mol. The van der Waals surface area contributed by atoms with Crippen molar-refractivity contribution < 1.29 is 58.0 Å². The minimum absolute atomic E-state index is 0. The Morgan fingerprint density at radius 3 is 0.913 bits per heavy atom. The number of nitrogens with zero attached hydrogens (tertiary/aromatic N) is 2. The van der Waals surface area contributed by atoms with Crippen LogP contribution in [0.1, 0.15) is 27.7 Å². The van der Waals surface area contributed by atoms with Crippen LogP contribution in [0.2, 0.25) is 0 Å². The average molecular weight is 392 g/mol. The van der Waals surface area contributed by atoms with Gasteiger partial charge in [-0.3, -0.25) is 19.2 Å². The molecule has 0 rings (SSSR count). The van der Waals surface area contributed by atoms with Crippen LogP contribution in [0.4, 0.5) is 0 Å². The van der Waals surface area contributed by atoms with E-state index in [9.17, 15) is 19.2 Å². The Hall–Kier alpha value is -1.66. The summed E-state index contributed by atoms with van der Waals surface area (Å²) in [7, 11) is 0. The van der Waals surface area contributed by atoms with Crippen LogP contribution in [0.15, 0.2) is 0 Å². The third-order valence-corrected chi connectivity index (χ3v) is 1.39. The summed E-state index contributed by atoms with van der Waals surface area (Å²) >= 11 is 0. The first-order valence-corrected chi connectivity index (χ1v) is 5.50. The second kappa shape index (κ2) is 15.2. The summed E-state index contributed by atoms with van der Waals surface area (Å²) < 4.78 is 0. The van der Waals surface area contributed by atoms with Crippen molar-refractivity contribution >= 4 is 23.9 Å². The molecule has 0 bridgehead atoms. The van der Waals surface area contributed by atoms with Gasteiger partial charge in [0.15, 0.2) is 0 Å². The maximum absolute atomic E-state index is 10.8. The zero-order valence-electron chi connectivity index (χ0n) is 13.7. The number of carbonyl (C=O) groups is 4. The molecule has 130 valence electrons. The van der Waals surface area contributed by atoms with Crippen LogP contribution in [0.3, 0.4) is 0 Å². The van der Waals surface area contributed by atoms with Crippen molar-refractivity contribution in [1.29, 1.82) is 0 Å². The summed E-state index contributed by atoms with van der Waals surface area (Å²) in [5.41, 5.74) is 0. The number of carbonyl (C=O) groups excluding carboxylic acids is 4. The topological polar surface area (TPSA) is 182 Å². The van der Waals surface area contributed by atoms with Crippen LogP contribution in [0.5, 0.6) is 0 Å². The molecule has 0 aliphatic rings. The molecule has 0 aromatic carbocycles. The second-order valence-electron chi connectivity index (χ2n) is 3.44. The van der Waals surface area contributed by atoms with Gasteiger partial charge in [-0.2, -0.15) is 0 Å². The number of hydroxylamine groups is 4. The molecular formula is C10H22N4O8Zn+2. The van der Waals surface area contributed by atoms with E-state index in [0.717, 1.165) is 27.7 Å². The van der Waals surface area contributed by atoms with E-state index in [-0.39, 0.29) is 44.9 Å². The molecule has 13 heteroatoms. The largest absolute Gasteiger partial charge is 2.00 e. The van der Waals surface area contributed by atoms with E-state index in [1.807, 2.05) is 0 Å². The van der Waals surface area contributed by atoms with Gasteiger partial charge in [-0.25, -0.2) is 0 Å². The third kappa shape index (κ3) is 18.3. The summed E-state index contributed by atoms with van der Waals surface area (Å²) in [4.78, 5) is 61.4. The Morgan fingerprint density at radius 1 is 0.609 bits per heavy atom. The third-order valence-electron chi connectivity index (χ3n) is 1.39. The number of hydrogen-bond donors (Lipinski definition) is 2. The summed E-state index contributed by atoms with van der Waals surface area (Å²) in [5, 5.41) is 1.15. The monoisotopic (exact) mass is 390 g/mol. The molecule has 0 unspecified atom stereocenters. The first-order valence-electron chi connectivity index (χ1n) is 5.50. The minimum atomic E-state index is -0.724. The molecule has 0 fully saturated rings. The summed E-state index contributed by atoms with van der Waals surface area (Å²) in [5.74, 6) is -2.90. The normalized spacial score (nSPS) is 8.78. The Kier molecular flexibility index (Phi) is 19.5. The number of hydrogen-bond acceptors (Lipinski definition) is 12. The van der Waals surface area contributed by atoms with Crippen molar-refractivity contribution in [1.82, 2.24) is 22.8 Å². The maximum atomic E-state index is 10.8. The molecule has 0 atom stereocenters. The van der Waals surface area contributed by atoms with E-state index in [1.165, 1.54) is 0 Å². The number of rotatable bonds is 7. The zero-order chi connectivity index (χ0) is 15.7. The van der Waals surface area contributed by atoms with Crippen LogP contribution >= 0.6 is 0 Å². The summed E-state index contributed by atoms with van der Waals surface area (Å²) in [6.45, 7) is 3.97. The van der Waals surface area contributed by atoms with Crippen LogP contribution in [0.25, 0.3) is 0 Å². The fraction of sp³-hybridized carbons (Fsp3) is 0.600. The molecule has 0 aliphatic heterocycles. The van der Waals surface area contributed by atoms with Gasteiger partial charge < -0.3 is 31.7 Å². The van der Waals surface area contributed by atoms with Crippen LogP contribution in [-0.4, -0.2) is 47.4 Å². The van der Waals surface area contributed by atoms with Crippen molar-refractivity contribution in [2.24, 2.45) is 0 Å². The van der Waals surface area contributed by atoms with Gasteiger partial charge in [0.25, 0.3) is 0 Å². The van der Waals surface area contributed by atoms with Gasteiger partial charge in [0.1, 0.15) is 0 Å². The van der Waals surface area contributed by atoms with Crippen LogP contribution in [0, 0.1) is 0 Å². The molecule has 0 aliphatic carbocycles. The van der Waals surface area contributed by atoms with Gasteiger partial charge >= 0.3 is 43.4 Å². The predicted octanol–water partition coefficient (Wildman–Crippen LogP) is -0.176. The van der Waals surface area contributed by atoms with Gasteiger partial charge in [0.05, 0.1) is 13.1 Å². The molecule has 0 amide bonds. The van der Waals surface area contributed by atoms with Gasteiger partial charge in [0.2, 0.25) is 0 Å². The van der Waals surface area contributed by atoms with Crippen molar-refractivity contribution in [3.63, 3.8) is 0 Å². The maximum Gasteiger partial charge on any atom is 2.00 e. The molecule has 0 aromatic heterocycles. The van der Waals surface area contributed by atoms with E-state index >= 15 is 0 Å². The molecule has 12 nitrogen and oxygen atoms in total. The molecule has 6 N–H and O–H groups in total. The van der Waals surface area contributed by atoms with Gasteiger partial charge in [-0.1, -0.05) is 0 Å². The van der Waals surface area contributed by atoms with Gasteiger partial charge in [-0.15, -0.1) is 0 Å². The Bertz CT molecular complexity index is 327. The molecular weight excluding hydrogens is 370 g/mol. The van der Waals surface area contributed by atoms with Crippen LogP contribution < -0.4 is 12.3 Å². The molecule has 23 heavy (non-hydrogen) atoms. The fourth-order valence-electron chi connectivity index (χ4n) is 0.957. The first-order chi connectivity index (χ1) is 9.20. The summed E-state index contributed by atoms with van der Waals surface area (Å²) in [6.07, 6.45) is 0. The SMILES string of the molecule is CC(=O)ON(CCN(OC(C)=O)OC(C)=O)OC(C)=O.N.N.[Zn+2]. The fourth-order valence-corrected chi connectivity index (χ4v) is 0.957. The van der Waals surface area contributed by atoms with Crippen molar-refractivity contribution in [2.45, 2.75) is 27.7 Å². The molecule has 0 heterocycles. The van der Waals surface area contributed by atoms with Crippen molar-refractivity contribution in [3.8, 4) is 0 Å². The van der Waals surface area contributed by atoms with E-state index in [4.69, 9.17) is 0 Å². The molecule has 0 spiro atoms. The molecule has 0 saturated heterocycles.